The number of aromatic nitrogens is 2. The van der Waals surface area contributed by atoms with Crippen molar-refractivity contribution < 1.29 is 9.21 Å². The molecule has 3 aliphatic rings. The second-order valence-electron chi connectivity index (χ2n) is 6.04. The molecular formula is C15H18N4O2S2. The van der Waals surface area contributed by atoms with Crippen LogP contribution in [0.15, 0.2) is 32.4 Å². The van der Waals surface area contributed by atoms with Crippen LogP contribution in [0, 0.1) is 5.92 Å². The Morgan fingerprint density at radius 3 is 2.96 bits per heavy atom. The average molecular weight is 350 g/mol. The number of nitrogens with zero attached hydrogens (tertiary/aromatic N) is 3. The third kappa shape index (κ3) is 3.02. The smallest absolute Gasteiger partial charge is 0.282 e. The van der Waals surface area contributed by atoms with Gasteiger partial charge in [0.1, 0.15) is 0 Å². The molecule has 2 aromatic rings. The standard InChI is InChI=1S/C15H18N4O2S2/c1-9-13(10-4-6-19(9)7-5-10)17-14(20)11-2-3-12(22-11)23-15-18-16-8-21-15/h2-3,8-10,13H,4-7H2,1H3,(H,17,20). The van der Waals surface area contributed by atoms with Crippen molar-refractivity contribution in [2.45, 2.75) is 41.3 Å². The third-order valence-electron chi connectivity index (χ3n) is 4.81. The molecule has 0 aliphatic carbocycles. The molecule has 0 spiro atoms. The first-order valence-electron chi connectivity index (χ1n) is 7.79. The third-order valence-corrected chi connectivity index (χ3v) is 6.88. The molecule has 3 saturated heterocycles. The first-order valence-corrected chi connectivity index (χ1v) is 9.43. The highest BCUT2D eigenvalue weighted by Crippen LogP contribution is 2.34. The Bertz CT molecular complexity index is 677. The summed E-state index contributed by atoms with van der Waals surface area (Å²) in [5.74, 6) is 0.643. The van der Waals surface area contributed by atoms with Crippen molar-refractivity contribution in [3.63, 3.8) is 0 Å². The van der Waals surface area contributed by atoms with E-state index in [1.54, 1.807) is 0 Å². The second-order valence-corrected chi connectivity index (χ2v) is 8.37. The molecule has 0 radical (unpaired) electrons. The number of carbonyl (C=O) groups is 1. The summed E-state index contributed by atoms with van der Waals surface area (Å²) in [5, 5.41) is 11.2. The lowest BCUT2D eigenvalue weighted by atomic mass is 9.79. The second kappa shape index (κ2) is 6.26. The van der Waals surface area contributed by atoms with Gasteiger partial charge in [-0.1, -0.05) is 0 Å². The number of hydrogen-bond donors (Lipinski definition) is 1. The lowest BCUT2D eigenvalue weighted by Crippen LogP contribution is -2.62. The zero-order chi connectivity index (χ0) is 15.8. The lowest BCUT2D eigenvalue weighted by molar-refractivity contribution is 0.0218. The summed E-state index contributed by atoms with van der Waals surface area (Å²) in [6.07, 6.45) is 3.69. The minimum Gasteiger partial charge on any atom is -0.419 e. The Hall–Kier alpha value is -1.38. The first kappa shape index (κ1) is 15.2. The van der Waals surface area contributed by atoms with E-state index >= 15 is 0 Å². The summed E-state index contributed by atoms with van der Waals surface area (Å²) in [5.41, 5.74) is 0. The van der Waals surface area contributed by atoms with E-state index in [-0.39, 0.29) is 11.9 Å². The molecule has 23 heavy (non-hydrogen) atoms. The summed E-state index contributed by atoms with van der Waals surface area (Å²) in [4.78, 5) is 15.8. The highest BCUT2D eigenvalue weighted by atomic mass is 32.2. The van der Waals surface area contributed by atoms with E-state index in [9.17, 15) is 4.79 Å². The van der Waals surface area contributed by atoms with Crippen molar-refractivity contribution in [1.29, 1.82) is 0 Å². The van der Waals surface area contributed by atoms with Crippen molar-refractivity contribution in [1.82, 2.24) is 20.4 Å². The van der Waals surface area contributed by atoms with Gasteiger partial charge in [0, 0.05) is 12.1 Å². The summed E-state index contributed by atoms with van der Waals surface area (Å²) in [7, 11) is 0. The van der Waals surface area contributed by atoms with Gasteiger partial charge in [-0.05, 0) is 62.7 Å². The molecule has 5 heterocycles. The number of nitrogens with one attached hydrogen (secondary N) is 1. The largest absolute Gasteiger partial charge is 0.419 e. The van der Waals surface area contributed by atoms with Crippen molar-refractivity contribution in [3.05, 3.63) is 23.4 Å². The molecule has 5 rings (SSSR count). The van der Waals surface area contributed by atoms with E-state index in [0.29, 0.717) is 17.2 Å². The van der Waals surface area contributed by atoms with Gasteiger partial charge < -0.3 is 9.73 Å². The molecule has 0 aromatic carbocycles. The zero-order valence-corrected chi connectivity index (χ0v) is 14.4. The van der Waals surface area contributed by atoms with E-state index in [1.807, 2.05) is 12.1 Å². The maximum Gasteiger partial charge on any atom is 0.282 e. The fourth-order valence-corrected chi connectivity index (χ4v) is 5.34. The van der Waals surface area contributed by atoms with Gasteiger partial charge in [0.2, 0.25) is 6.39 Å². The topological polar surface area (TPSA) is 71.3 Å². The maximum atomic E-state index is 12.6. The molecule has 3 aliphatic heterocycles. The fraction of sp³-hybridized carbons (Fsp3) is 0.533. The predicted molar refractivity (Wildman–Crippen MR) is 87.8 cm³/mol. The maximum absolute atomic E-state index is 12.6. The van der Waals surface area contributed by atoms with Crippen LogP contribution in [0.5, 0.6) is 0 Å². The van der Waals surface area contributed by atoms with E-state index in [2.05, 4.69) is 27.3 Å². The number of thiophene rings is 1. The van der Waals surface area contributed by atoms with Crippen molar-refractivity contribution >= 4 is 29.0 Å². The highest BCUT2D eigenvalue weighted by Gasteiger charge is 2.40. The Morgan fingerprint density at radius 2 is 2.26 bits per heavy atom. The van der Waals surface area contributed by atoms with Crippen molar-refractivity contribution in [2.75, 3.05) is 13.1 Å². The van der Waals surface area contributed by atoms with Gasteiger partial charge in [0.15, 0.2) is 0 Å². The van der Waals surface area contributed by atoms with Crippen LogP contribution in [0.25, 0.3) is 0 Å². The number of carbonyl (C=O) groups excluding carboxylic acids is 1. The van der Waals surface area contributed by atoms with Crippen LogP contribution in [-0.4, -0.2) is 46.2 Å². The molecule has 8 heteroatoms. The number of rotatable bonds is 4. The lowest BCUT2D eigenvalue weighted by Gasteiger charge is -2.49. The number of piperidine rings is 3. The molecular weight excluding hydrogens is 332 g/mol. The monoisotopic (exact) mass is 350 g/mol. The Balaban J connectivity index is 1.42. The number of amides is 1. The summed E-state index contributed by atoms with van der Waals surface area (Å²) >= 11 is 2.84. The van der Waals surface area contributed by atoms with Crippen LogP contribution in [-0.2, 0) is 0 Å². The Morgan fingerprint density at radius 1 is 1.43 bits per heavy atom. The van der Waals surface area contributed by atoms with Crippen molar-refractivity contribution in [3.8, 4) is 0 Å². The van der Waals surface area contributed by atoms with Gasteiger partial charge >= 0.3 is 0 Å². The first-order chi connectivity index (χ1) is 11.2. The molecule has 2 atom stereocenters. The van der Waals surface area contributed by atoms with Gasteiger partial charge in [0.05, 0.1) is 9.09 Å². The molecule has 1 N–H and O–H groups in total. The van der Waals surface area contributed by atoms with Gasteiger partial charge in [-0.3, -0.25) is 9.69 Å². The predicted octanol–water partition coefficient (Wildman–Crippen LogP) is 2.49. The van der Waals surface area contributed by atoms with E-state index in [1.165, 1.54) is 55.4 Å². The van der Waals surface area contributed by atoms with Crippen LogP contribution in [0.4, 0.5) is 0 Å². The quantitative estimate of drug-likeness (QED) is 0.913. The van der Waals surface area contributed by atoms with Crippen LogP contribution in [0.3, 0.4) is 0 Å². The van der Waals surface area contributed by atoms with Gasteiger partial charge in [0.25, 0.3) is 11.1 Å². The van der Waals surface area contributed by atoms with Crippen molar-refractivity contribution in [2.24, 2.45) is 5.92 Å². The molecule has 3 fully saturated rings. The van der Waals surface area contributed by atoms with E-state index in [4.69, 9.17) is 4.42 Å². The molecule has 6 nitrogen and oxygen atoms in total. The van der Waals surface area contributed by atoms with E-state index < -0.39 is 0 Å². The molecule has 0 saturated carbocycles. The van der Waals surface area contributed by atoms with Gasteiger partial charge in [-0.2, -0.15) is 0 Å². The molecule has 1 amide bonds. The van der Waals surface area contributed by atoms with Gasteiger partial charge in [-0.25, -0.2) is 0 Å². The van der Waals surface area contributed by atoms with Crippen LogP contribution >= 0.6 is 23.1 Å². The number of fused-ring (bicyclic) bond motifs is 3. The molecule has 2 aromatic heterocycles. The normalized spacial score (nSPS) is 29.6. The van der Waals surface area contributed by atoms with E-state index in [0.717, 1.165) is 9.09 Å². The summed E-state index contributed by atoms with van der Waals surface area (Å²) in [6, 6.07) is 4.48. The van der Waals surface area contributed by atoms with Crippen LogP contribution in [0.2, 0.25) is 0 Å². The molecule has 2 bridgehead atoms. The fourth-order valence-electron chi connectivity index (χ4n) is 3.56. The minimum atomic E-state index is 0.0259. The van der Waals surface area contributed by atoms with Crippen LogP contribution in [0.1, 0.15) is 29.4 Å². The molecule has 122 valence electrons. The summed E-state index contributed by atoms with van der Waals surface area (Å²) < 4.78 is 6.09. The average Bonchev–Trinajstić information content (AvgIpc) is 3.23. The SMILES string of the molecule is CC1C(NC(=O)c2ccc(Sc3nnco3)s2)C2CCN1CC2. The minimum absolute atomic E-state index is 0.0259. The Kier molecular flexibility index (Phi) is 4.13. The summed E-state index contributed by atoms with van der Waals surface area (Å²) in [6.45, 7) is 4.56. The zero-order valence-electron chi connectivity index (χ0n) is 12.8. The van der Waals surface area contributed by atoms with Gasteiger partial charge in [-0.15, -0.1) is 21.5 Å². The Labute approximate surface area is 142 Å². The highest BCUT2D eigenvalue weighted by molar-refractivity contribution is 8.01. The van der Waals surface area contributed by atoms with Crippen LogP contribution < -0.4 is 5.32 Å². The molecule has 2 unspecified atom stereocenters. The number of hydrogen-bond acceptors (Lipinski definition) is 7.